The number of nitrogens with two attached hydrogens (primary N) is 1. The Balaban J connectivity index is 2.93. The Morgan fingerprint density at radius 3 is 2.88 bits per heavy atom. The zero-order valence-corrected chi connectivity index (χ0v) is 9.86. The molecule has 0 spiro atoms. The molecule has 0 radical (unpaired) electrons. The number of carbonyl (C=O) groups excluding carboxylic acids is 1. The minimum Gasteiger partial charge on any atom is -0.480 e. The number of nitrogens with zero attached hydrogens (tertiary/aromatic N) is 1. The van der Waals surface area contributed by atoms with E-state index in [0.29, 0.717) is 17.7 Å². The molecule has 0 aliphatic heterocycles. The van der Waals surface area contributed by atoms with Crippen molar-refractivity contribution in [3.63, 3.8) is 0 Å². The number of hydrogen-bond donors (Lipinski definition) is 2. The molecule has 17 heavy (non-hydrogen) atoms. The minimum atomic E-state index is -0.646. The second-order valence-electron chi connectivity index (χ2n) is 3.62. The summed E-state index contributed by atoms with van der Waals surface area (Å²) in [5, 5.41) is 8.79. The molecular formula is C12H15N3O2. The van der Waals surface area contributed by atoms with Crippen LogP contribution in [0.1, 0.15) is 24.5 Å². The van der Waals surface area contributed by atoms with Crippen molar-refractivity contribution in [3.05, 3.63) is 29.3 Å². The highest BCUT2D eigenvalue weighted by Crippen LogP contribution is 2.21. The molecule has 1 unspecified atom stereocenters. The van der Waals surface area contributed by atoms with Crippen LogP contribution in [-0.4, -0.2) is 12.0 Å². The number of hydrazine groups is 1. The number of benzene rings is 1. The number of amides is 1. The monoisotopic (exact) mass is 233 g/mol. The predicted molar refractivity (Wildman–Crippen MR) is 62.9 cm³/mol. The molecule has 90 valence electrons. The van der Waals surface area contributed by atoms with Crippen molar-refractivity contribution < 1.29 is 9.53 Å². The van der Waals surface area contributed by atoms with Crippen molar-refractivity contribution in [2.24, 2.45) is 5.84 Å². The average Bonchev–Trinajstić information content (AvgIpc) is 2.36. The second-order valence-corrected chi connectivity index (χ2v) is 3.62. The minimum absolute atomic E-state index is 0.380. The molecule has 0 aliphatic rings. The van der Waals surface area contributed by atoms with E-state index in [1.807, 2.05) is 19.9 Å². The highest BCUT2D eigenvalue weighted by Gasteiger charge is 2.18. The molecule has 0 aromatic heterocycles. The fourth-order valence-corrected chi connectivity index (χ4v) is 1.37. The van der Waals surface area contributed by atoms with Crippen LogP contribution in [0.15, 0.2) is 18.2 Å². The number of aryl methyl sites for hydroxylation is 1. The third-order valence-corrected chi connectivity index (χ3v) is 2.39. The van der Waals surface area contributed by atoms with Crippen LogP contribution >= 0.6 is 0 Å². The zero-order valence-electron chi connectivity index (χ0n) is 9.86. The molecule has 0 heterocycles. The topological polar surface area (TPSA) is 88.1 Å². The molecule has 1 aromatic carbocycles. The molecule has 0 saturated heterocycles. The van der Waals surface area contributed by atoms with E-state index in [-0.39, 0.29) is 5.91 Å². The van der Waals surface area contributed by atoms with Crippen LogP contribution in [0, 0.1) is 18.3 Å². The number of carbonyl (C=O) groups is 1. The van der Waals surface area contributed by atoms with Gasteiger partial charge in [-0.05, 0) is 31.0 Å². The van der Waals surface area contributed by atoms with Crippen LogP contribution in [0.2, 0.25) is 0 Å². The number of hydrogen-bond acceptors (Lipinski definition) is 4. The third-order valence-electron chi connectivity index (χ3n) is 2.39. The lowest BCUT2D eigenvalue weighted by atomic mass is 10.1. The fraction of sp³-hybridized carbons (Fsp3) is 0.333. The van der Waals surface area contributed by atoms with Gasteiger partial charge in [0.2, 0.25) is 0 Å². The summed E-state index contributed by atoms with van der Waals surface area (Å²) in [6.07, 6.45) is -0.146. The maximum atomic E-state index is 11.4. The van der Waals surface area contributed by atoms with E-state index in [1.54, 1.807) is 18.2 Å². The third kappa shape index (κ3) is 3.20. The summed E-state index contributed by atoms with van der Waals surface area (Å²) in [4.78, 5) is 11.4. The first-order valence-corrected chi connectivity index (χ1v) is 5.30. The van der Waals surface area contributed by atoms with Gasteiger partial charge in [-0.1, -0.05) is 13.0 Å². The van der Waals surface area contributed by atoms with Gasteiger partial charge in [0.25, 0.3) is 5.91 Å². The largest absolute Gasteiger partial charge is 0.480 e. The molecule has 0 aliphatic carbocycles. The summed E-state index contributed by atoms with van der Waals surface area (Å²) in [6, 6.07) is 7.12. The summed E-state index contributed by atoms with van der Waals surface area (Å²) in [7, 11) is 0. The normalized spacial score (nSPS) is 11.4. The average molecular weight is 233 g/mol. The molecule has 0 saturated carbocycles. The van der Waals surface area contributed by atoms with Gasteiger partial charge in [0.1, 0.15) is 5.75 Å². The van der Waals surface area contributed by atoms with Crippen LogP contribution in [-0.2, 0) is 4.79 Å². The summed E-state index contributed by atoms with van der Waals surface area (Å²) >= 11 is 0. The summed E-state index contributed by atoms with van der Waals surface area (Å²) in [5.74, 6) is 5.21. The van der Waals surface area contributed by atoms with Gasteiger partial charge in [0, 0.05) is 0 Å². The van der Waals surface area contributed by atoms with Gasteiger partial charge < -0.3 is 4.74 Å². The summed E-state index contributed by atoms with van der Waals surface area (Å²) < 4.78 is 5.55. The first kappa shape index (κ1) is 13.0. The van der Waals surface area contributed by atoms with Gasteiger partial charge in [-0.15, -0.1) is 0 Å². The predicted octanol–water partition coefficient (Wildman–Crippen LogP) is 1.01. The Morgan fingerprint density at radius 1 is 1.65 bits per heavy atom. The Labute approximate surface area is 100 Å². The van der Waals surface area contributed by atoms with E-state index in [0.717, 1.165) is 5.56 Å². The number of nitrogens with one attached hydrogen (secondary N) is 1. The summed E-state index contributed by atoms with van der Waals surface area (Å²) in [6.45, 7) is 3.67. The Hall–Kier alpha value is -2.06. The van der Waals surface area contributed by atoms with Gasteiger partial charge in [-0.25, -0.2) is 5.84 Å². The molecule has 3 N–H and O–H groups in total. The number of rotatable bonds is 4. The highest BCUT2D eigenvalue weighted by molar-refractivity contribution is 5.80. The molecular weight excluding hydrogens is 218 g/mol. The standard InChI is InChI=1S/C12H15N3O2/c1-3-10(12(16)15-14)17-11-6-9(7-13)5-4-8(11)2/h4-6,10H,3,14H2,1-2H3,(H,15,16). The molecule has 5 nitrogen and oxygen atoms in total. The van der Waals surface area contributed by atoms with Crippen LogP contribution in [0.3, 0.4) is 0 Å². The molecule has 0 bridgehead atoms. The van der Waals surface area contributed by atoms with E-state index in [1.165, 1.54) is 0 Å². The molecule has 5 heteroatoms. The van der Waals surface area contributed by atoms with Crippen molar-refractivity contribution in [1.82, 2.24) is 5.43 Å². The maximum Gasteiger partial charge on any atom is 0.274 e. The summed E-state index contributed by atoms with van der Waals surface area (Å²) in [5.41, 5.74) is 3.42. The fourth-order valence-electron chi connectivity index (χ4n) is 1.37. The van der Waals surface area contributed by atoms with Crippen LogP contribution in [0.25, 0.3) is 0 Å². The first-order chi connectivity index (χ1) is 8.12. The second kappa shape index (κ2) is 5.87. The van der Waals surface area contributed by atoms with Gasteiger partial charge in [0.15, 0.2) is 6.10 Å². The van der Waals surface area contributed by atoms with E-state index in [2.05, 4.69) is 5.43 Å². The smallest absolute Gasteiger partial charge is 0.274 e. The lowest BCUT2D eigenvalue weighted by Crippen LogP contribution is -2.41. The number of ether oxygens (including phenoxy) is 1. The Bertz CT molecular complexity index is 452. The van der Waals surface area contributed by atoms with Gasteiger partial charge in [0.05, 0.1) is 11.6 Å². The Kier molecular flexibility index (Phi) is 4.49. The van der Waals surface area contributed by atoms with Crippen molar-refractivity contribution in [1.29, 1.82) is 5.26 Å². The highest BCUT2D eigenvalue weighted by atomic mass is 16.5. The SMILES string of the molecule is CCC(Oc1cc(C#N)ccc1C)C(=O)NN. The van der Waals surface area contributed by atoms with Crippen LogP contribution in [0.5, 0.6) is 5.75 Å². The molecule has 1 amide bonds. The first-order valence-electron chi connectivity index (χ1n) is 5.30. The van der Waals surface area contributed by atoms with Crippen molar-refractivity contribution >= 4 is 5.91 Å². The van der Waals surface area contributed by atoms with Crippen molar-refractivity contribution in [3.8, 4) is 11.8 Å². The van der Waals surface area contributed by atoms with Crippen LogP contribution < -0.4 is 16.0 Å². The lowest BCUT2D eigenvalue weighted by molar-refractivity contribution is -0.128. The quantitative estimate of drug-likeness (QED) is 0.461. The number of nitriles is 1. The van der Waals surface area contributed by atoms with E-state index in [4.69, 9.17) is 15.8 Å². The Morgan fingerprint density at radius 2 is 2.35 bits per heavy atom. The van der Waals surface area contributed by atoms with Crippen LogP contribution in [0.4, 0.5) is 0 Å². The molecule has 1 rings (SSSR count). The van der Waals surface area contributed by atoms with Gasteiger partial charge in [-0.2, -0.15) is 5.26 Å². The lowest BCUT2D eigenvalue weighted by Gasteiger charge is -2.17. The van der Waals surface area contributed by atoms with Crippen molar-refractivity contribution in [2.75, 3.05) is 0 Å². The van der Waals surface area contributed by atoms with Gasteiger partial charge in [-0.3, -0.25) is 10.2 Å². The van der Waals surface area contributed by atoms with Crippen molar-refractivity contribution in [2.45, 2.75) is 26.4 Å². The van der Waals surface area contributed by atoms with E-state index in [9.17, 15) is 4.79 Å². The van der Waals surface area contributed by atoms with E-state index < -0.39 is 6.10 Å². The maximum absolute atomic E-state index is 11.4. The molecule has 0 fully saturated rings. The molecule has 1 atom stereocenters. The van der Waals surface area contributed by atoms with Gasteiger partial charge >= 0.3 is 0 Å². The molecule has 1 aromatic rings. The van der Waals surface area contributed by atoms with E-state index >= 15 is 0 Å². The zero-order chi connectivity index (χ0) is 12.8.